The molecule has 1 aliphatic rings. The van der Waals surface area contributed by atoms with Crippen LogP contribution in [0.25, 0.3) is 0 Å². The average molecular weight is 219 g/mol. The summed E-state index contributed by atoms with van der Waals surface area (Å²) in [6.07, 6.45) is 2.62. The number of nitrogens with one attached hydrogen (secondary N) is 1. The Morgan fingerprint density at radius 2 is 2.19 bits per heavy atom. The molecule has 16 heavy (non-hydrogen) atoms. The molecule has 0 heterocycles. The SMILES string of the molecule is CCC1CC1NC(C)c1ccccc1OC. The lowest BCUT2D eigenvalue weighted by molar-refractivity contribution is 0.400. The fourth-order valence-electron chi connectivity index (χ4n) is 2.34. The Morgan fingerprint density at radius 3 is 2.81 bits per heavy atom. The molecular formula is C14H21NO. The zero-order valence-corrected chi connectivity index (χ0v) is 10.4. The molecule has 0 amide bonds. The van der Waals surface area contributed by atoms with Crippen molar-refractivity contribution in [3.63, 3.8) is 0 Å². The van der Waals surface area contributed by atoms with E-state index in [1.165, 1.54) is 18.4 Å². The number of hydrogen-bond acceptors (Lipinski definition) is 2. The summed E-state index contributed by atoms with van der Waals surface area (Å²) < 4.78 is 5.38. The highest BCUT2D eigenvalue weighted by atomic mass is 16.5. The van der Waals surface area contributed by atoms with Gasteiger partial charge < -0.3 is 10.1 Å². The third kappa shape index (κ3) is 2.38. The number of ether oxygens (including phenoxy) is 1. The minimum absolute atomic E-state index is 0.373. The smallest absolute Gasteiger partial charge is 0.123 e. The van der Waals surface area contributed by atoms with Crippen LogP contribution in [0.4, 0.5) is 0 Å². The van der Waals surface area contributed by atoms with E-state index in [1.807, 2.05) is 12.1 Å². The molecule has 1 aromatic carbocycles. The third-order valence-electron chi connectivity index (χ3n) is 3.52. The molecule has 1 aliphatic carbocycles. The van der Waals surface area contributed by atoms with Crippen LogP contribution in [0.3, 0.4) is 0 Å². The minimum Gasteiger partial charge on any atom is -0.496 e. The Bertz CT molecular complexity index is 350. The van der Waals surface area contributed by atoms with Crippen molar-refractivity contribution in [1.29, 1.82) is 0 Å². The van der Waals surface area contributed by atoms with E-state index < -0.39 is 0 Å². The first kappa shape index (κ1) is 11.5. The molecule has 2 rings (SSSR count). The molecule has 3 atom stereocenters. The average Bonchev–Trinajstić information content (AvgIpc) is 3.07. The van der Waals surface area contributed by atoms with Gasteiger partial charge in [-0.15, -0.1) is 0 Å². The van der Waals surface area contributed by atoms with Gasteiger partial charge in [-0.2, -0.15) is 0 Å². The largest absolute Gasteiger partial charge is 0.496 e. The van der Waals surface area contributed by atoms with E-state index in [0.717, 1.165) is 11.7 Å². The Hall–Kier alpha value is -1.02. The highest BCUT2D eigenvalue weighted by Gasteiger charge is 2.36. The quantitative estimate of drug-likeness (QED) is 0.821. The van der Waals surface area contributed by atoms with Crippen LogP contribution < -0.4 is 10.1 Å². The summed E-state index contributed by atoms with van der Waals surface area (Å²) in [4.78, 5) is 0. The molecule has 0 spiro atoms. The van der Waals surface area contributed by atoms with Crippen LogP contribution in [-0.2, 0) is 0 Å². The van der Waals surface area contributed by atoms with Crippen molar-refractivity contribution in [3.8, 4) is 5.75 Å². The molecule has 3 unspecified atom stereocenters. The molecule has 1 N–H and O–H groups in total. The van der Waals surface area contributed by atoms with Crippen LogP contribution in [0.1, 0.15) is 38.3 Å². The molecular weight excluding hydrogens is 198 g/mol. The zero-order chi connectivity index (χ0) is 11.5. The summed E-state index contributed by atoms with van der Waals surface area (Å²) in [6, 6.07) is 9.33. The fraction of sp³-hybridized carbons (Fsp3) is 0.571. The van der Waals surface area contributed by atoms with Crippen LogP contribution >= 0.6 is 0 Å². The van der Waals surface area contributed by atoms with Gasteiger partial charge in [0.1, 0.15) is 5.75 Å². The van der Waals surface area contributed by atoms with Crippen molar-refractivity contribution in [2.24, 2.45) is 5.92 Å². The molecule has 1 saturated carbocycles. The van der Waals surface area contributed by atoms with Gasteiger partial charge in [0.05, 0.1) is 7.11 Å². The van der Waals surface area contributed by atoms with Crippen LogP contribution in [0, 0.1) is 5.92 Å². The lowest BCUT2D eigenvalue weighted by atomic mass is 10.1. The zero-order valence-electron chi connectivity index (χ0n) is 10.4. The second-order valence-electron chi connectivity index (χ2n) is 4.64. The predicted molar refractivity (Wildman–Crippen MR) is 66.7 cm³/mol. The first-order valence-electron chi connectivity index (χ1n) is 6.15. The van der Waals surface area contributed by atoms with Crippen LogP contribution in [-0.4, -0.2) is 13.2 Å². The second-order valence-corrected chi connectivity index (χ2v) is 4.64. The first-order valence-corrected chi connectivity index (χ1v) is 6.15. The third-order valence-corrected chi connectivity index (χ3v) is 3.52. The van der Waals surface area contributed by atoms with E-state index in [2.05, 4.69) is 31.3 Å². The number of hydrogen-bond donors (Lipinski definition) is 1. The summed E-state index contributed by atoms with van der Waals surface area (Å²) in [5.41, 5.74) is 1.26. The lowest BCUT2D eigenvalue weighted by Crippen LogP contribution is -2.22. The number of methoxy groups -OCH3 is 1. The highest BCUT2D eigenvalue weighted by molar-refractivity contribution is 5.35. The van der Waals surface area contributed by atoms with Gasteiger partial charge in [0.15, 0.2) is 0 Å². The topological polar surface area (TPSA) is 21.3 Å². The summed E-state index contributed by atoms with van der Waals surface area (Å²) in [5.74, 6) is 1.87. The standard InChI is InChI=1S/C14H21NO/c1-4-11-9-13(11)15-10(2)12-7-5-6-8-14(12)16-3/h5-8,10-11,13,15H,4,9H2,1-3H3. The monoisotopic (exact) mass is 219 g/mol. The second kappa shape index (κ2) is 4.88. The Kier molecular flexibility index (Phi) is 3.49. The van der Waals surface area contributed by atoms with Gasteiger partial charge in [0.25, 0.3) is 0 Å². The molecule has 2 heteroatoms. The van der Waals surface area contributed by atoms with Crippen molar-refractivity contribution in [2.75, 3.05) is 7.11 Å². The maximum atomic E-state index is 5.38. The molecule has 0 bridgehead atoms. The molecule has 0 aliphatic heterocycles. The molecule has 0 radical (unpaired) electrons. The van der Waals surface area contributed by atoms with E-state index in [-0.39, 0.29) is 0 Å². The number of para-hydroxylation sites is 1. The van der Waals surface area contributed by atoms with Gasteiger partial charge in [0.2, 0.25) is 0 Å². The molecule has 0 saturated heterocycles. The van der Waals surface area contributed by atoms with Crippen molar-refractivity contribution in [3.05, 3.63) is 29.8 Å². The molecule has 88 valence electrons. The van der Waals surface area contributed by atoms with Gasteiger partial charge in [0, 0.05) is 17.6 Å². The van der Waals surface area contributed by atoms with Gasteiger partial charge in [-0.3, -0.25) is 0 Å². The van der Waals surface area contributed by atoms with Crippen molar-refractivity contribution in [2.45, 2.75) is 38.8 Å². The lowest BCUT2D eigenvalue weighted by Gasteiger charge is -2.17. The maximum absolute atomic E-state index is 5.38. The van der Waals surface area contributed by atoms with E-state index in [0.29, 0.717) is 12.1 Å². The van der Waals surface area contributed by atoms with E-state index >= 15 is 0 Å². The summed E-state index contributed by atoms with van der Waals surface area (Å²) in [5, 5.41) is 3.67. The summed E-state index contributed by atoms with van der Waals surface area (Å²) in [6.45, 7) is 4.48. The van der Waals surface area contributed by atoms with Gasteiger partial charge >= 0.3 is 0 Å². The van der Waals surface area contributed by atoms with Gasteiger partial charge in [-0.25, -0.2) is 0 Å². The summed E-state index contributed by atoms with van der Waals surface area (Å²) >= 11 is 0. The highest BCUT2D eigenvalue weighted by Crippen LogP contribution is 2.36. The first-order chi connectivity index (χ1) is 7.76. The van der Waals surface area contributed by atoms with Crippen LogP contribution in [0.2, 0.25) is 0 Å². The van der Waals surface area contributed by atoms with Crippen LogP contribution in [0.15, 0.2) is 24.3 Å². The van der Waals surface area contributed by atoms with Crippen molar-refractivity contribution >= 4 is 0 Å². The predicted octanol–water partition coefficient (Wildman–Crippen LogP) is 3.14. The number of rotatable bonds is 5. The Labute approximate surface area is 98.0 Å². The maximum Gasteiger partial charge on any atom is 0.123 e. The molecule has 1 aromatic rings. The Morgan fingerprint density at radius 1 is 1.44 bits per heavy atom. The van der Waals surface area contributed by atoms with Gasteiger partial charge in [-0.1, -0.05) is 31.5 Å². The van der Waals surface area contributed by atoms with Gasteiger partial charge in [-0.05, 0) is 25.3 Å². The van der Waals surface area contributed by atoms with E-state index in [9.17, 15) is 0 Å². The fourth-order valence-corrected chi connectivity index (χ4v) is 2.34. The normalized spacial score (nSPS) is 25.2. The molecule has 2 nitrogen and oxygen atoms in total. The minimum atomic E-state index is 0.373. The van der Waals surface area contributed by atoms with E-state index in [4.69, 9.17) is 4.74 Å². The van der Waals surface area contributed by atoms with E-state index in [1.54, 1.807) is 7.11 Å². The van der Waals surface area contributed by atoms with Crippen LogP contribution in [0.5, 0.6) is 5.75 Å². The summed E-state index contributed by atoms with van der Waals surface area (Å²) in [7, 11) is 1.73. The molecule has 0 aromatic heterocycles. The number of benzene rings is 1. The Balaban J connectivity index is 2.00. The van der Waals surface area contributed by atoms with Crippen molar-refractivity contribution in [1.82, 2.24) is 5.32 Å². The molecule has 1 fully saturated rings. The van der Waals surface area contributed by atoms with Crippen molar-refractivity contribution < 1.29 is 4.74 Å².